The van der Waals surface area contributed by atoms with Crippen LogP contribution in [0.1, 0.15) is 30.9 Å². The molecule has 4 heteroatoms. The minimum atomic E-state index is 0.377. The number of hydrogen-bond acceptors (Lipinski definition) is 4. The molecule has 2 fully saturated rings. The van der Waals surface area contributed by atoms with Gasteiger partial charge in [0.15, 0.2) is 0 Å². The first kappa shape index (κ1) is 15.2. The van der Waals surface area contributed by atoms with E-state index in [2.05, 4.69) is 36.2 Å². The highest BCUT2D eigenvalue weighted by atomic mass is 32.2. The number of nitrogens with zero attached hydrogens (tertiary/aromatic N) is 1. The van der Waals surface area contributed by atoms with Gasteiger partial charge in [-0.15, -0.1) is 0 Å². The Kier molecular flexibility index (Phi) is 5.09. The van der Waals surface area contributed by atoms with Gasteiger partial charge >= 0.3 is 0 Å². The van der Waals surface area contributed by atoms with Crippen molar-refractivity contribution in [1.82, 2.24) is 4.90 Å². The Balaban J connectivity index is 1.76. The zero-order valence-electron chi connectivity index (χ0n) is 12.8. The maximum absolute atomic E-state index is 6.34. The van der Waals surface area contributed by atoms with E-state index in [9.17, 15) is 0 Å². The van der Waals surface area contributed by atoms with Gasteiger partial charge < -0.3 is 10.5 Å². The van der Waals surface area contributed by atoms with Gasteiger partial charge in [-0.1, -0.05) is 18.2 Å². The monoisotopic (exact) mass is 306 g/mol. The minimum absolute atomic E-state index is 0.377. The standard InChI is InChI=1S/C17H26N2OS/c1-19-11-13(10-18)9-16(19)15-6-2-3-7-17(15)20-14-5-4-8-21-12-14/h2-3,6-7,13-14,16H,4-5,8-12,18H2,1H3. The van der Waals surface area contributed by atoms with Crippen LogP contribution >= 0.6 is 11.8 Å². The molecule has 0 aliphatic carbocycles. The number of nitrogens with two attached hydrogens (primary N) is 1. The first-order valence-electron chi connectivity index (χ1n) is 8.01. The zero-order chi connectivity index (χ0) is 14.7. The molecule has 0 saturated carbocycles. The smallest absolute Gasteiger partial charge is 0.124 e. The van der Waals surface area contributed by atoms with Crippen LogP contribution in [0.5, 0.6) is 5.75 Å². The lowest BCUT2D eigenvalue weighted by molar-refractivity contribution is 0.203. The predicted molar refractivity (Wildman–Crippen MR) is 89.9 cm³/mol. The third-order valence-corrected chi connectivity index (χ3v) is 5.84. The minimum Gasteiger partial charge on any atom is -0.489 e. The summed E-state index contributed by atoms with van der Waals surface area (Å²) in [6, 6.07) is 9.03. The van der Waals surface area contributed by atoms with Crippen molar-refractivity contribution < 1.29 is 4.74 Å². The molecule has 21 heavy (non-hydrogen) atoms. The summed E-state index contributed by atoms with van der Waals surface area (Å²) >= 11 is 2.01. The van der Waals surface area contributed by atoms with Crippen LogP contribution in [0.25, 0.3) is 0 Å². The lowest BCUT2D eigenvalue weighted by Gasteiger charge is -2.27. The number of para-hydroxylation sites is 1. The molecule has 0 bridgehead atoms. The van der Waals surface area contributed by atoms with Gasteiger partial charge in [0.05, 0.1) is 0 Å². The Hall–Kier alpha value is -0.710. The molecule has 2 aliphatic heterocycles. The van der Waals surface area contributed by atoms with Crippen LogP contribution < -0.4 is 10.5 Å². The van der Waals surface area contributed by atoms with E-state index >= 15 is 0 Å². The lowest BCUT2D eigenvalue weighted by atomic mass is 9.99. The van der Waals surface area contributed by atoms with Crippen molar-refractivity contribution in [3.05, 3.63) is 29.8 Å². The highest BCUT2D eigenvalue weighted by molar-refractivity contribution is 7.99. The summed E-state index contributed by atoms with van der Waals surface area (Å²) in [5.41, 5.74) is 7.20. The van der Waals surface area contributed by atoms with Crippen molar-refractivity contribution >= 4 is 11.8 Å². The Bertz CT molecular complexity index is 462. The summed E-state index contributed by atoms with van der Waals surface area (Å²) in [7, 11) is 2.20. The quantitative estimate of drug-likeness (QED) is 0.928. The number of likely N-dealkylation sites (tertiary alicyclic amines) is 1. The molecule has 3 unspecified atom stereocenters. The highest BCUT2D eigenvalue weighted by Crippen LogP contribution is 2.38. The van der Waals surface area contributed by atoms with Crippen molar-refractivity contribution in [3.8, 4) is 5.75 Å². The highest BCUT2D eigenvalue weighted by Gasteiger charge is 2.31. The van der Waals surface area contributed by atoms with E-state index < -0.39 is 0 Å². The molecule has 2 saturated heterocycles. The molecule has 0 amide bonds. The van der Waals surface area contributed by atoms with Crippen LogP contribution in [-0.4, -0.2) is 42.6 Å². The molecule has 3 rings (SSSR count). The zero-order valence-corrected chi connectivity index (χ0v) is 13.6. The Morgan fingerprint density at radius 3 is 2.95 bits per heavy atom. The molecule has 116 valence electrons. The van der Waals surface area contributed by atoms with E-state index in [1.54, 1.807) is 0 Å². The normalized spacial score (nSPS) is 30.5. The number of thioether (sulfide) groups is 1. The van der Waals surface area contributed by atoms with Gasteiger partial charge in [-0.2, -0.15) is 11.8 Å². The second-order valence-corrected chi connectivity index (χ2v) is 7.44. The van der Waals surface area contributed by atoms with Crippen LogP contribution in [0.3, 0.4) is 0 Å². The average Bonchev–Trinajstić information content (AvgIpc) is 2.90. The van der Waals surface area contributed by atoms with Gasteiger partial charge in [0, 0.05) is 23.9 Å². The van der Waals surface area contributed by atoms with Crippen LogP contribution in [0, 0.1) is 5.92 Å². The molecule has 0 aromatic heterocycles. The molecule has 2 aliphatic rings. The molecule has 3 nitrogen and oxygen atoms in total. The van der Waals surface area contributed by atoms with Crippen LogP contribution in [0.4, 0.5) is 0 Å². The summed E-state index contributed by atoms with van der Waals surface area (Å²) in [4.78, 5) is 2.43. The maximum Gasteiger partial charge on any atom is 0.124 e. The third kappa shape index (κ3) is 3.55. The molecule has 2 heterocycles. The van der Waals surface area contributed by atoms with E-state index in [1.165, 1.54) is 24.2 Å². The fourth-order valence-electron chi connectivity index (χ4n) is 3.49. The lowest BCUT2D eigenvalue weighted by Crippen LogP contribution is -2.25. The Morgan fingerprint density at radius 2 is 2.24 bits per heavy atom. The van der Waals surface area contributed by atoms with Crippen molar-refractivity contribution in [3.63, 3.8) is 0 Å². The topological polar surface area (TPSA) is 38.5 Å². The number of ether oxygens (including phenoxy) is 1. The van der Waals surface area contributed by atoms with E-state index in [1.807, 2.05) is 11.8 Å². The SMILES string of the molecule is CN1CC(CN)CC1c1ccccc1OC1CCCSC1. The molecule has 2 N–H and O–H groups in total. The van der Waals surface area contributed by atoms with Gasteiger partial charge in [0.2, 0.25) is 0 Å². The molecule has 0 radical (unpaired) electrons. The van der Waals surface area contributed by atoms with Crippen LogP contribution in [0.15, 0.2) is 24.3 Å². The number of rotatable bonds is 4. The second-order valence-electron chi connectivity index (χ2n) is 6.29. The van der Waals surface area contributed by atoms with Gasteiger partial charge in [-0.3, -0.25) is 4.90 Å². The van der Waals surface area contributed by atoms with Crippen molar-refractivity contribution in [1.29, 1.82) is 0 Å². The second kappa shape index (κ2) is 7.03. The predicted octanol–water partition coefficient (Wildman–Crippen LogP) is 2.91. The summed E-state index contributed by atoms with van der Waals surface area (Å²) < 4.78 is 6.34. The molecule has 0 spiro atoms. The largest absolute Gasteiger partial charge is 0.489 e. The van der Waals surface area contributed by atoms with Crippen LogP contribution in [0.2, 0.25) is 0 Å². The number of hydrogen-bond donors (Lipinski definition) is 1. The van der Waals surface area contributed by atoms with Gasteiger partial charge in [-0.25, -0.2) is 0 Å². The van der Waals surface area contributed by atoms with E-state index in [0.29, 0.717) is 18.1 Å². The fourth-order valence-corrected chi connectivity index (χ4v) is 4.52. The first-order valence-corrected chi connectivity index (χ1v) is 9.17. The van der Waals surface area contributed by atoms with Crippen molar-refractivity contribution in [2.24, 2.45) is 11.7 Å². The molecule has 1 aromatic carbocycles. The molecular weight excluding hydrogens is 280 g/mol. The molecular formula is C17H26N2OS. The third-order valence-electron chi connectivity index (χ3n) is 4.66. The average molecular weight is 306 g/mol. The summed E-state index contributed by atoms with van der Waals surface area (Å²) in [5.74, 6) is 4.10. The molecule has 3 atom stereocenters. The van der Waals surface area contributed by atoms with Gasteiger partial charge in [0.1, 0.15) is 11.9 Å². The first-order chi connectivity index (χ1) is 10.3. The van der Waals surface area contributed by atoms with Gasteiger partial charge in [0.25, 0.3) is 0 Å². The molecule has 1 aromatic rings. The van der Waals surface area contributed by atoms with E-state index in [4.69, 9.17) is 10.5 Å². The summed E-state index contributed by atoms with van der Waals surface area (Å²) in [6.07, 6.45) is 3.98. The van der Waals surface area contributed by atoms with Crippen molar-refractivity contribution in [2.75, 3.05) is 31.6 Å². The Labute approximate surface area is 132 Å². The van der Waals surface area contributed by atoms with Crippen LogP contribution in [-0.2, 0) is 0 Å². The van der Waals surface area contributed by atoms with Crippen molar-refractivity contribution in [2.45, 2.75) is 31.4 Å². The van der Waals surface area contributed by atoms with Gasteiger partial charge in [-0.05, 0) is 50.6 Å². The Morgan fingerprint density at radius 1 is 1.38 bits per heavy atom. The fraction of sp³-hybridized carbons (Fsp3) is 0.647. The van der Waals surface area contributed by atoms with E-state index in [-0.39, 0.29) is 0 Å². The summed E-state index contributed by atoms with van der Waals surface area (Å²) in [6.45, 7) is 1.87. The number of benzene rings is 1. The maximum atomic E-state index is 6.34. The summed E-state index contributed by atoms with van der Waals surface area (Å²) in [5, 5.41) is 0. The van der Waals surface area contributed by atoms with E-state index in [0.717, 1.165) is 31.0 Å².